The summed E-state index contributed by atoms with van der Waals surface area (Å²) in [6.07, 6.45) is 38.3. The standard InChI is InChI=1S/C57H108N4O8/c1-8-12-16-18-20-22-24-25-27-29-37-45-60(5)47-56(66)68-52(41-31-14-10-3)50(62)39-33-35-43-54(64)58-49-59-55(65)44-36-34-40-51(63)53(42-32-15-11-4)69-57(67)48-61(6,7)46-38-30-28-26-23-21-19-17-13-9-2/h33-36,50-53,62-63H,8-32,37-49H2,1-7H3,(H-,58,59,64,65)/p+1/b35-33+,36-34+. The molecule has 12 heteroatoms. The van der Waals surface area contributed by atoms with Crippen molar-refractivity contribution >= 4 is 23.8 Å². The molecule has 0 spiro atoms. The van der Waals surface area contributed by atoms with Gasteiger partial charge in [0, 0.05) is 12.8 Å². The molecule has 0 aromatic rings. The minimum atomic E-state index is -0.877. The predicted octanol–water partition coefficient (Wildman–Crippen LogP) is 11.8. The predicted molar refractivity (Wildman–Crippen MR) is 286 cm³/mol. The molecule has 0 bridgehead atoms. The van der Waals surface area contributed by atoms with E-state index < -0.39 is 24.4 Å². The second-order valence-corrected chi connectivity index (χ2v) is 20.7. The molecule has 69 heavy (non-hydrogen) atoms. The number of quaternary nitrogens is 1. The lowest BCUT2D eigenvalue weighted by Crippen LogP contribution is -2.46. The number of aliphatic hydroxyl groups excluding tert-OH is 2. The number of esters is 2. The van der Waals surface area contributed by atoms with Crippen molar-refractivity contribution in [3.63, 3.8) is 0 Å². The number of hydrogen-bond donors (Lipinski definition) is 4. The first-order valence-corrected chi connectivity index (χ1v) is 28.4. The molecule has 4 atom stereocenters. The summed E-state index contributed by atoms with van der Waals surface area (Å²) >= 11 is 0. The molecule has 0 aliphatic heterocycles. The Morgan fingerprint density at radius 2 is 0.870 bits per heavy atom. The van der Waals surface area contributed by atoms with Crippen molar-refractivity contribution in [1.82, 2.24) is 15.5 Å². The largest absolute Gasteiger partial charge is 0.459 e. The Bertz CT molecular complexity index is 1310. The molecule has 0 saturated carbocycles. The number of carbonyl (C=O) groups is 4. The number of nitrogens with one attached hydrogen (secondary N) is 2. The molecular formula is C57H109N4O8+. The molecule has 0 rings (SSSR count). The van der Waals surface area contributed by atoms with Crippen molar-refractivity contribution in [2.45, 2.75) is 264 Å². The van der Waals surface area contributed by atoms with Crippen LogP contribution in [0.25, 0.3) is 0 Å². The van der Waals surface area contributed by atoms with E-state index in [1.165, 1.54) is 116 Å². The van der Waals surface area contributed by atoms with Gasteiger partial charge in [-0.2, -0.15) is 0 Å². The van der Waals surface area contributed by atoms with E-state index in [2.05, 4.69) is 52.4 Å². The minimum absolute atomic E-state index is 0.0305. The zero-order valence-corrected chi connectivity index (χ0v) is 45.7. The van der Waals surface area contributed by atoms with E-state index in [4.69, 9.17) is 9.47 Å². The quantitative estimate of drug-likeness (QED) is 0.0153. The minimum Gasteiger partial charge on any atom is -0.459 e. The molecule has 4 unspecified atom stereocenters. The van der Waals surface area contributed by atoms with Crippen LogP contribution in [0.4, 0.5) is 0 Å². The van der Waals surface area contributed by atoms with E-state index in [-0.39, 0.29) is 69.2 Å². The Balaban J connectivity index is 4.59. The van der Waals surface area contributed by atoms with Gasteiger partial charge in [0.25, 0.3) is 0 Å². The van der Waals surface area contributed by atoms with Gasteiger partial charge in [-0.25, -0.2) is 4.79 Å². The Morgan fingerprint density at radius 1 is 0.507 bits per heavy atom. The van der Waals surface area contributed by atoms with Crippen LogP contribution in [0, 0.1) is 0 Å². The van der Waals surface area contributed by atoms with Gasteiger partial charge in [0.05, 0.1) is 46.1 Å². The highest BCUT2D eigenvalue weighted by Gasteiger charge is 2.27. The van der Waals surface area contributed by atoms with Gasteiger partial charge in [-0.15, -0.1) is 0 Å². The second kappa shape index (κ2) is 46.3. The van der Waals surface area contributed by atoms with Crippen molar-refractivity contribution in [2.75, 3.05) is 54.0 Å². The number of hydrogen-bond acceptors (Lipinski definition) is 9. The maximum absolute atomic E-state index is 13.1. The monoisotopic (exact) mass is 978 g/mol. The van der Waals surface area contributed by atoms with Crippen LogP contribution in [-0.4, -0.2) is 122 Å². The number of ether oxygens (including phenoxy) is 2. The van der Waals surface area contributed by atoms with E-state index >= 15 is 0 Å². The number of likely N-dealkylation sites (N-methyl/N-ethyl adjacent to an activating group) is 2. The Hall–Kier alpha value is -2.80. The lowest BCUT2D eigenvalue weighted by atomic mass is 10.0. The average molecular weight is 979 g/mol. The van der Waals surface area contributed by atoms with E-state index in [1.54, 1.807) is 24.3 Å². The number of amides is 2. The van der Waals surface area contributed by atoms with Crippen LogP contribution >= 0.6 is 0 Å². The topological polar surface area (TPSA) is 154 Å². The van der Waals surface area contributed by atoms with Crippen molar-refractivity contribution < 1.29 is 43.3 Å². The summed E-state index contributed by atoms with van der Waals surface area (Å²) in [7, 11) is 6.07. The molecule has 12 nitrogen and oxygen atoms in total. The van der Waals surface area contributed by atoms with E-state index in [0.717, 1.165) is 70.9 Å². The highest BCUT2D eigenvalue weighted by atomic mass is 16.6. The lowest BCUT2D eigenvalue weighted by molar-refractivity contribution is -0.883. The van der Waals surface area contributed by atoms with Gasteiger partial charge in [-0.3, -0.25) is 19.3 Å². The van der Waals surface area contributed by atoms with Gasteiger partial charge >= 0.3 is 11.9 Å². The van der Waals surface area contributed by atoms with Crippen LogP contribution in [0.3, 0.4) is 0 Å². The third-order valence-corrected chi connectivity index (χ3v) is 13.1. The van der Waals surface area contributed by atoms with Crippen LogP contribution in [0.1, 0.15) is 240 Å². The van der Waals surface area contributed by atoms with E-state index in [1.807, 2.05) is 11.9 Å². The third kappa shape index (κ3) is 42.6. The van der Waals surface area contributed by atoms with E-state index in [9.17, 15) is 29.4 Å². The van der Waals surface area contributed by atoms with Crippen LogP contribution in [0.2, 0.25) is 0 Å². The van der Waals surface area contributed by atoms with Crippen LogP contribution in [0.15, 0.2) is 24.3 Å². The number of aliphatic hydroxyl groups is 2. The summed E-state index contributed by atoms with van der Waals surface area (Å²) in [5, 5.41) is 27.4. The number of rotatable bonds is 49. The van der Waals surface area contributed by atoms with Crippen LogP contribution in [0.5, 0.6) is 0 Å². The number of unbranched alkanes of at least 4 members (excludes halogenated alkanes) is 23. The summed E-state index contributed by atoms with van der Waals surface area (Å²) in [6, 6.07) is 0. The highest BCUT2D eigenvalue weighted by Crippen LogP contribution is 2.18. The Kier molecular flexibility index (Phi) is 44.4. The van der Waals surface area contributed by atoms with Crippen molar-refractivity contribution in [3.8, 4) is 0 Å². The molecule has 0 aliphatic rings. The normalized spacial score (nSPS) is 13.8. The van der Waals surface area contributed by atoms with Gasteiger partial charge in [-0.05, 0) is 71.4 Å². The fourth-order valence-electron chi connectivity index (χ4n) is 8.61. The Morgan fingerprint density at radius 3 is 1.29 bits per heavy atom. The molecule has 2 amide bonds. The molecule has 404 valence electrons. The zero-order chi connectivity index (χ0) is 51.2. The summed E-state index contributed by atoms with van der Waals surface area (Å²) in [5.41, 5.74) is 0. The molecular weight excluding hydrogens is 869 g/mol. The summed E-state index contributed by atoms with van der Waals surface area (Å²) in [6.45, 7) is 10.9. The molecule has 0 saturated heterocycles. The van der Waals surface area contributed by atoms with Crippen molar-refractivity contribution in [3.05, 3.63) is 24.3 Å². The smallest absolute Gasteiger partial charge is 0.362 e. The fourth-order valence-corrected chi connectivity index (χ4v) is 8.61. The third-order valence-electron chi connectivity index (χ3n) is 13.1. The summed E-state index contributed by atoms with van der Waals surface area (Å²) in [4.78, 5) is 52.9. The van der Waals surface area contributed by atoms with Gasteiger partial charge in [0.15, 0.2) is 6.54 Å². The number of carbonyl (C=O) groups excluding carboxylic acids is 4. The fraction of sp³-hybridized carbons (Fsp3) is 0.860. The van der Waals surface area contributed by atoms with Gasteiger partial charge < -0.3 is 34.8 Å². The first kappa shape index (κ1) is 66.2. The average Bonchev–Trinajstić information content (AvgIpc) is 3.30. The molecule has 0 heterocycles. The molecule has 0 aromatic heterocycles. The maximum Gasteiger partial charge on any atom is 0.362 e. The SMILES string of the molecule is CCCCCCCCCCCCCN(C)CC(=O)OC(CCCCC)C(O)C/C=C/CC(=O)NCNC(=O)C/C=C/CC(O)C(CCCCC)OC(=O)C[N+](C)(C)CCCCCCCCCCCC. The maximum atomic E-state index is 13.1. The molecule has 4 N–H and O–H groups in total. The van der Waals surface area contributed by atoms with Crippen molar-refractivity contribution in [1.29, 1.82) is 0 Å². The van der Waals surface area contributed by atoms with Crippen LogP contribution < -0.4 is 10.6 Å². The zero-order valence-electron chi connectivity index (χ0n) is 45.7. The highest BCUT2D eigenvalue weighted by molar-refractivity contribution is 5.80. The molecule has 0 aromatic carbocycles. The van der Waals surface area contributed by atoms with Crippen molar-refractivity contribution in [2.24, 2.45) is 0 Å². The molecule has 0 radical (unpaired) electrons. The molecule has 0 fully saturated rings. The second-order valence-electron chi connectivity index (χ2n) is 20.7. The summed E-state index contributed by atoms with van der Waals surface area (Å²) in [5.74, 6) is -1.18. The lowest BCUT2D eigenvalue weighted by Gasteiger charge is -2.30. The van der Waals surface area contributed by atoms with Gasteiger partial charge in [-0.1, -0.05) is 193 Å². The number of nitrogens with zero attached hydrogens (tertiary/aromatic N) is 2. The first-order chi connectivity index (χ1) is 33.3. The molecule has 0 aliphatic carbocycles. The summed E-state index contributed by atoms with van der Waals surface area (Å²) < 4.78 is 12.2. The van der Waals surface area contributed by atoms with E-state index in [0.29, 0.717) is 17.3 Å². The first-order valence-electron chi connectivity index (χ1n) is 28.4. The van der Waals surface area contributed by atoms with Crippen LogP contribution in [-0.2, 0) is 28.7 Å². The van der Waals surface area contributed by atoms with Gasteiger partial charge in [0.2, 0.25) is 11.8 Å². The van der Waals surface area contributed by atoms with Gasteiger partial charge in [0.1, 0.15) is 12.2 Å². The Labute approximate surface area is 423 Å².